The molecule has 0 saturated carbocycles. The third-order valence-electron chi connectivity index (χ3n) is 6.00. The van der Waals surface area contributed by atoms with Crippen LogP contribution in [0.5, 0.6) is 0 Å². The van der Waals surface area contributed by atoms with Crippen LogP contribution in [-0.4, -0.2) is 75.9 Å². The van der Waals surface area contributed by atoms with Gasteiger partial charge in [0.25, 0.3) is 0 Å². The molecule has 0 aromatic heterocycles. The number of carbonyl (C=O) groups is 4. The van der Waals surface area contributed by atoms with Crippen LogP contribution in [0, 0.1) is 0 Å². The van der Waals surface area contributed by atoms with Gasteiger partial charge in [-0.25, -0.2) is 19.2 Å². The van der Waals surface area contributed by atoms with Gasteiger partial charge in [-0.05, 0) is 55.7 Å². The predicted octanol–water partition coefficient (Wildman–Crippen LogP) is 2.76. The smallest absolute Gasteiger partial charge is 0.328 e. The van der Waals surface area contributed by atoms with Crippen molar-refractivity contribution < 1.29 is 39.6 Å². The largest absolute Gasteiger partial charge is 0.478 e. The second kappa shape index (κ2) is 14.5. The fraction of sp³-hybridized carbons (Fsp3) is 0.286. The molecule has 2 aliphatic heterocycles. The van der Waals surface area contributed by atoms with Gasteiger partial charge in [0.1, 0.15) is 0 Å². The average molecular weight is 525 g/mol. The summed E-state index contributed by atoms with van der Waals surface area (Å²) < 4.78 is 0. The van der Waals surface area contributed by atoms with Crippen molar-refractivity contribution >= 4 is 23.9 Å². The Balaban J connectivity index is 0.000000264. The number of rotatable bonds is 7. The molecule has 0 fully saturated rings. The standard InChI is InChI=1S/C20H24N2.2C4H4O4/c1-22(2)12-11-19-18-13-14-7-3-4-8-15(14)20(21-19)17-10-6-5-9-16(17)18;2*5-3(6)1-2-4(7)8/h3-10,18-21H,11-13H2,1-2H3;2*1-2H,(H,5,6)(H,7,8)/b;2*2-1+. The Morgan fingerprint density at radius 1 is 0.763 bits per heavy atom. The third-order valence-corrected chi connectivity index (χ3v) is 6.00. The number of carboxylic acids is 4. The highest BCUT2D eigenvalue weighted by Crippen LogP contribution is 2.44. The Kier molecular flexibility index (Phi) is 11.4. The van der Waals surface area contributed by atoms with Crippen molar-refractivity contribution in [3.8, 4) is 0 Å². The molecule has 2 heterocycles. The van der Waals surface area contributed by atoms with Gasteiger partial charge in [0, 0.05) is 36.3 Å². The lowest BCUT2D eigenvalue weighted by Gasteiger charge is -2.37. The van der Waals surface area contributed by atoms with Crippen LogP contribution >= 0.6 is 0 Å². The van der Waals surface area contributed by atoms with Crippen molar-refractivity contribution in [2.24, 2.45) is 0 Å². The van der Waals surface area contributed by atoms with E-state index < -0.39 is 23.9 Å². The highest BCUT2D eigenvalue weighted by Gasteiger charge is 2.38. The highest BCUT2D eigenvalue weighted by atomic mass is 16.4. The Morgan fingerprint density at radius 2 is 1.21 bits per heavy atom. The fourth-order valence-electron chi connectivity index (χ4n) is 4.46. The van der Waals surface area contributed by atoms with E-state index in [1.807, 2.05) is 0 Å². The van der Waals surface area contributed by atoms with E-state index in [2.05, 4.69) is 72.8 Å². The molecule has 38 heavy (non-hydrogen) atoms. The molecule has 5 N–H and O–H groups in total. The number of fused-ring (bicyclic) bond motifs is 1. The number of aliphatic carboxylic acids is 4. The predicted molar refractivity (Wildman–Crippen MR) is 140 cm³/mol. The molecule has 0 saturated heterocycles. The molecule has 3 aliphatic rings. The quantitative estimate of drug-likeness (QED) is 0.340. The summed E-state index contributed by atoms with van der Waals surface area (Å²) in [5.41, 5.74) is 6.04. The molecular weight excluding hydrogens is 492 g/mol. The summed E-state index contributed by atoms with van der Waals surface area (Å²) in [6.07, 6.45) is 4.60. The summed E-state index contributed by atoms with van der Waals surface area (Å²) in [5.74, 6) is -4.43. The number of hydrogen-bond acceptors (Lipinski definition) is 6. The normalized spacial score (nSPS) is 18.9. The lowest BCUT2D eigenvalue weighted by molar-refractivity contribution is -0.134. The summed E-state index contributed by atoms with van der Waals surface area (Å²) in [6.45, 7) is 1.14. The average Bonchev–Trinajstić information content (AvgIpc) is 3.11. The summed E-state index contributed by atoms with van der Waals surface area (Å²) in [6, 6.07) is 18.9. The molecule has 10 nitrogen and oxygen atoms in total. The van der Waals surface area contributed by atoms with Crippen LogP contribution in [0.2, 0.25) is 0 Å². The molecule has 2 aromatic carbocycles. The van der Waals surface area contributed by atoms with E-state index in [0.29, 0.717) is 42.3 Å². The van der Waals surface area contributed by atoms with Gasteiger partial charge in [-0.1, -0.05) is 48.5 Å². The van der Waals surface area contributed by atoms with Crippen LogP contribution in [0.3, 0.4) is 0 Å². The zero-order valence-electron chi connectivity index (χ0n) is 21.2. The van der Waals surface area contributed by atoms with E-state index in [1.54, 1.807) is 5.56 Å². The van der Waals surface area contributed by atoms with E-state index in [4.69, 9.17) is 20.4 Å². The SMILES string of the molecule is CN(C)CCC1NC2c3ccccc3CC1c1ccccc12.O=C(O)/C=C/C(=O)O.O=C(O)/C=C/C(=O)O. The molecule has 2 bridgehead atoms. The van der Waals surface area contributed by atoms with Gasteiger partial charge >= 0.3 is 23.9 Å². The van der Waals surface area contributed by atoms with E-state index in [9.17, 15) is 19.2 Å². The second-order valence-corrected chi connectivity index (χ2v) is 8.96. The summed E-state index contributed by atoms with van der Waals surface area (Å²) in [5, 5.41) is 35.2. The third kappa shape index (κ3) is 9.30. The molecular formula is C28H32N2O8. The molecule has 5 rings (SSSR count). The molecule has 0 amide bonds. The van der Waals surface area contributed by atoms with E-state index >= 15 is 0 Å². The number of nitrogens with zero attached hydrogens (tertiary/aromatic N) is 1. The monoisotopic (exact) mass is 524 g/mol. The first-order valence-corrected chi connectivity index (χ1v) is 11.8. The van der Waals surface area contributed by atoms with Crippen molar-refractivity contribution in [1.82, 2.24) is 10.2 Å². The molecule has 3 atom stereocenters. The van der Waals surface area contributed by atoms with Crippen molar-refractivity contribution in [3.63, 3.8) is 0 Å². The number of carboxylic acid groups (broad SMARTS) is 4. The maximum absolute atomic E-state index is 9.55. The Bertz CT molecular complexity index is 1140. The molecule has 10 heteroatoms. The van der Waals surface area contributed by atoms with Crippen LogP contribution in [0.15, 0.2) is 72.8 Å². The van der Waals surface area contributed by atoms with Gasteiger partial charge < -0.3 is 30.6 Å². The molecule has 1 aliphatic carbocycles. The van der Waals surface area contributed by atoms with Gasteiger partial charge in [0.05, 0.1) is 6.04 Å². The summed E-state index contributed by atoms with van der Waals surface area (Å²) >= 11 is 0. The number of hydrogen-bond donors (Lipinski definition) is 5. The van der Waals surface area contributed by atoms with Crippen molar-refractivity contribution in [2.75, 3.05) is 20.6 Å². The molecule has 202 valence electrons. The fourth-order valence-corrected chi connectivity index (χ4v) is 4.46. The number of benzene rings is 2. The lowest BCUT2D eigenvalue weighted by Crippen LogP contribution is -2.43. The van der Waals surface area contributed by atoms with Crippen LogP contribution in [0.25, 0.3) is 0 Å². The van der Waals surface area contributed by atoms with Crippen LogP contribution in [0.1, 0.15) is 40.6 Å². The van der Waals surface area contributed by atoms with Crippen molar-refractivity contribution in [1.29, 1.82) is 0 Å². The topological polar surface area (TPSA) is 164 Å². The Hall–Kier alpha value is -4.28. The van der Waals surface area contributed by atoms with Gasteiger partial charge in [0.15, 0.2) is 0 Å². The molecule has 0 spiro atoms. The van der Waals surface area contributed by atoms with Gasteiger partial charge in [0.2, 0.25) is 0 Å². The minimum atomic E-state index is -1.26. The van der Waals surface area contributed by atoms with Crippen molar-refractivity contribution in [2.45, 2.75) is 30.8 Å². The molecule has 0 radical (unpaired) electrons. The first-order chi connectivity index (χ1) is 18.0. The van der Waals surface area contributed by atoms with E-state index in [-0.39, 0.29) is 0 Å². The minimum Gasteiger partial charge on any atom is -0.478 e. The van der Waals surface area contributed by atoms with Gasteiger partial charge in [-0.3, -0.25) is 0 Å². The minimum absolute atomic E-state index is 0.360. The highest BCUT2D eigenvalue weighted by molar-refractivity contribution is 5.90. The number of nitrogens with one attached hydrogen (secondary N) is 1. The van der Waals surface area contributed by atoms with Gasteiger partial charge in [-0.15, -0.1) is 0 Å². The Morgan fingerprint density at radius 3 is 1.68 bits per heavy atom. The van der Waals surface area contributed by atoms with Crippen LogP contribution in [-0.2, 0) is 25.6 Å². The lowest BCUT2D eigenvalue weighted by atomic mass is 9.80. The zero-order chi connectivity index (χ0) is 28.2. The van der Waals surface area contributed by atoms with Crippen LogP contribution in [0.4, 0.5) is 0 Å². The maximum Gasteiger partial charge on any atom is 0.328 e. The summed E-state index contributed by atoms with van der Waals surface area (Å²) in [7, 11) is 4.33. The first-order valence-electron chi connectivity index (χ1n) is 11.8. The molecule has 3 unspecified atom stereocenters. The summed E-state index contributed by atoms with van der Waals surface area (Å²) in [4.78, 5) is 40.5. The van der Waals surface area contributed by atoms with E-state index in [0.717, 1.165) is 13.0 Å². The van der Waals surface area contributed by atoms with E-state index in [1.165, 1.54) is 23.1 Å². The van der Waals surface area contributed by atoms with Crippen molar-refractivity contribution in [3.05, 3.63) is 95.1 Å². The zero-order valence-corrected chi connectivity index (χ0v) is 21.2. The van der Waals surface area contributed by atoms with Gasteiger partial charge in [-0.2, -0.15) is 0 Å². The van der Waals surface area contributed by atoms with Crippen LogP contribution < -0.4 is 5.32 Å². The Labute approximate surface area is 220 Å². The first kappa shape index (κ1) is 29.9. The maximum atomic E-state index is 9.55. The second-order valence-electron chi connectivity index (χ2n) is 8.96. The molecule has 2 aromatic rings.